The van der Waals surface area contributed by atoms with E-state index in [0.717, 1.165) is 10.5 Å². The molecule has 2 aromatic rings. The van der Waals surface area contributed by atoms with E-state index in [2.05, 4.69) is 0 Å². The summed E-state index contributed by atoms with van der Waals surface area (Å²) in [5.74, 6) is -4.08. The molecule has 0 aromatic heterocycles. The standard InChI is InChI=1S/C28H33NO6/c1-18(2)15-22(26(32)34-17-19-11-7-6-8-12-19)23(27(33)35-28(3,4)5)16-29-24(30)20-13-9-10-14-21(20)25(29)31/h6-14,18,22-23H,15-17H2,1-5H3/t22?,23-/m0/s1. The van der Waals surface area contributed by atoms with E-state index in [-0.39, 0.29) is 30.2 Å². The van der Waals surface area contributed by atoms with Gasteiger partial charge in [0.15, 0.2) is 0 Å². The molecule has 1 unspecified atom stereocenters. The van der Waals surface area contributed by atoms with E-state index in [9.17, 15) is 19.2 Å². The fourth-order valence-corrected chi connectivity index (χ4v) is 4.11. The molecule has 0 N–H and O–H groups in total. The smallest absolute Gasteiger partial charge is 0.312 e. The lowest BCUT2D eigenvalue weighted by molar-refractivity contribution is -0.169. The topological polar surface area (TPSA) is 90.0 Å². The number of hydrogen-bond acceptors (Lipinski definition) is 6. The van der Waals surface area contributed by atoms with Crippen molar-refractivity contribution in [3.8, 4) is 0 Å². The summed E-state index contributed by atoms with van der Waals surface area (Å²) in [4.78, 5) is 53.7. The van der Waals surface area contributed by atoms with Crippen molar-refractivity contribution in [3.63, 3.8) is 0 Å². The Morgan fingerprint density at radius 1 is 0.829 bits per heavy atom. The van der Waals surface area contributed by atoms with Gasteiger partial charge in [0.2, 0.25) is 0 Å². The Morgan fingerprint density at radius 3 is 1.89 bits per heavy atom. The number of carbonyl (C=O) groups excluding carboxylic acids is 4. The number of esters is 2. The van der Waals surface area contributed by atoms with Gasteiger partial charge in [-0.15, -0.1) is 0 Å². The summed E-state index contributed by atoms with van der Waals surface area (Å²) >= 11 is 0. The molecule has 0 aliphatic carbocycles. The quantitative estimate of drug-likeness (QED) is 0.384. The van der Waals surface area contributed by atoms with Gasteiger partial charge < -0.3 is 9.47 Å². The van der Waals surface area contributed by atoms with Crippen molar-refractivity contribution in [2.75, 3.05) is 6.54 Å². The van der Waals surface area contributed by atoms with Gasteiger partial charge in [-0.25, -0.2) is 0 Å². The number of ether oxygens (including phenoxy) is 2. The predicted molar refractivity (Wildman–Crippen MR) is 130 cm³/mol. The average molecular weight is 480 g/mol. The zero-order chi connectivity index (χ0) is 25.8. The van der Waals surface area contributed by atoms with Gasteiger partial charge in [0.05, 0.1) is 23.0 Å². The fraction of sp³-hybridized carbons (Fsp3) is 0.429. The summed E-state index contributed by atoms with van der Waals surface area (Å²) in [6.07, 6.45) is 0.334. The maximum Gasteiger partial charge on any atom is 0.312 e. The number of amides is 2. The second-order valence-corrected chi connectivity index (χ2v) is 10.2. The molecule has 0 saturated carbocycles. The maximum atomic E-state index is 13.4. The molecule has 1 heterocycles. The Morgan fingerprint density at radius 2 is 1.37 bits per heavy atom. The highest BCUT2D eigenvalue weighted by molar-refractivity contribution is 6.21. The zero-order valence-corrected chi connectivity index (χ0v) is 20.9. The first-order valence-electron chi connectivity index (χ1n) is 11.9. The molecular formula is C28H33NO6. The molecule has 7 nitrogen and oxygen atoms in total. The molecule has 0 spiro atoms. The van der Waals surface area contributed by atoms with Gasteiger partial charge in [0, 0.05) is 6.54 Å². The van der Waals surface area contributed by atoms with Crippen LogP contribution >= 0.6 is 0 Å². The number of imide groups is 1. The molecule has 2 aromatic carbocycles. The third-order valence-electron chi connectivity index (χ3n) is 5.70. The molecule has 1 aliphatic rings. The van der Waals surface area contributed by atoms with Crippen molar-refractivity contribution in [3.05, 3.63) is 71.3 Å². The molecular weight excluding hydrogens is 446 g/mol. The molecule has 0 fully saturated rings. The number of nitrogens with zero attached hydrogens (tertiary/aromatic N) is 1. The van der Waals surface area contributed by atoms with Crippen LogP contribution in [0, 0.1) is 17.8 Å². The average Bonchev–Trinajstić information content (AvgIpc) is 3.03. The van der Waals surface area contributed by atoms with E-state index in [4.69, 9.17) is 9.47 Å². The SMILES string of the molecule is CC(C)CC(C(=O)OCc1ccccc1)[C@H](CN1C(=O)c2ccccc2C1=O)C(=O)OC(C)(C)C. The lowest BCUT2D eigenvalue weighted by atomic mass is 9.84. The van der Waals surface area contributed by atoms with Gasteiger partial charge in [0.1, 0.15) is 12.2 Å². The lowest BCUT2D eigenvalue weighted by Crippen LogP contribution is -2.45. The largest absolute Gasteiger partial charge is 0.461 e. The van der Waals surface area contributed by atoms with Crippen molar-refractivity contribution in [2.24, 2.45) is 17.8 Å². The van der Waals surface area contributed by atoms with Crippen LogP contribution in [0.15, 0.2) is 54.6 Å². The number of hydrogen-bond donors (Lipinski definition) is 0. The van der Waals surface area contributed by atoms with Crippen LogP contribution in [0.1, 0.15) is 67.3 Å². The van der Waals surface area contributed by atoms with E-state index in [0.29, 0.717) is 6.42 Å². The van der Waals surface area contributed by atoms with Crippen molar-refractivity contribution >= 4 is 23.8 Å². The van der Waals surface area contributed by atoms with Gasteiger partial charge in [-0.05, 0) is 50.8 Å². The Kier molecular flexibility index (Phi) is 8.10. The summed E-state index contributed by atoms with van der Waals surface area (Å²) in [5, 5.41) is 0. The summed E-state index contributed by atoms with van der Waals surface area (Å²) < 4.78 is 11.2. The van der Waals surface area contributed by atoms with Crippen molar-refractivity contribution in [2.45, 2.75) is 53.2 Å². The fourth-order valence-electron chi connectivity index (χ4n) is 4.11. The van der Waals surface area contributed by atoms with E-state index < -0.39 is 41.2 Å². The predicted octanol–water partition coefficient (Wildman–Crippen LogP) is 4.65. The molecule has 3 rings (SSSR count). The minimum Gasteiger partial charge on any atom is -0.461 e. The van der Waals surface area contributed by atoms with E-state index in [1.165, 1.54) is 0 Å². The van der Waals surface area contributed by atoms with Gasteiger partial charge in [-0.3, -0.25) is 24.1 Å². The summed E-state index contributed by atoms with van der Waals surface area (Å²) in [7, 11) is 0. The van der Waals surface area contributed by atoms with Crippen LogP contribution in [0.25, 0.3) is 0 Å². The van der Waals surface area contributed by atoms with Crippen molar-refractivity contribution in [1.29, 1.82) is 0 Å². The second-order valence-electron chi connectivity index (χ2n) is 10.2. The highest BCUT2D eigenvalue weighted by Gasteiger charge is 2.44. The third-order valence-corrected chi connectivity index (χ3v) is 5.70. The number of fused-ring (bicyclic) bond motifs is 1. The van der Waals surface area contributed by atoms with Crippen LogP contribution in [-0.4, -0.2) is 40.8 Å². The zero-order valence-electron chi connectivity index (χ0n) is 20.9. The second kappa shape index (κ2) is 10.8. The lowest BCUT2D eigenvalue weighted by Gasteiger charge is -2.31. The first kappa shape index (κ1) is 26.1. The number of benzene rings is 2. The number of rotatable bonds is 9. The Labute approximate surface area is 206 Å². The van der Waals surface area contributed by atoms with Crippen LogP contribution in [0.4, 0.5) is 0 Å². The molecule has 186 valence electrons. The van der Waals surface area contributed by atoms with Gasteiger partial charge in [0.25, 0.3) is 11.8 Å². The van der Waals surface area contributed by atoms with Gasteiger partial charge >= 0.3 is 11.9 Å². The number of carbonyl (C=O) groups is 4. The van der Waals surface area contributed by atoms with Gasteiger partial charge in [-0.1, -0.05) is 56.3 Å². The van der Waals surface area contributed by atoms with Crippen LogP contribution < -0.4 is 0 Å². The van der Waals surface area contributed by atoms with Crippen molar-refractivity contribution in [1.82, 2.24) is 4.90 Å². The molecule has 2 amide bonds. The van der Waals surface area contributed by atoms with Crippen LogP contribution in [0.5, 0.6) is 0 Å². The van der Waals surface area contributed by atoms with E-state index in [1.54, 1.807) is 45.0 Å². The minimum atomic E-state index is -1.07. The summed E-state index contributed by atoms with van der Waals surface area (Å²) in [5.41, 5.74) is 0.575. The Bertz CT molecular complexity index is 1050. The molecule has 1 aliphatic heterocycles. The molecule has 0 radical (unpaired) electrons. The van der Waals surface area contributed by atoms with Crippen LogP contribution in [-0.2, 0) is 25.7 Å². The molecule has 0 bridgehead atoms. The Hall–Kier alpha value is -3.48. The van der Waals surface area contributed by atoms with Crippen LogP contribution in [0.3, 0.4) is 0 Å². The van der Waals surface area contributed by atoms with E-state index >= 15 is 0 Å². The maximum absolute atomic E-state index is 13.4. The molecule has 35 heavy (non-hydrogen) atoms. The summed E-state index contributed by atoms with van der Waals surface area (Å²) in [6, 6.07) is 15.8. The molecule has 0 saturated heterocycles. The van der Waals surface area contributed by atoms with E-state index in [1.807, 2.05) is 44.2 Å². The monoisotopic (exact) mass is 479 g/mol. The highest BCUT2D eigenvalue weighted by Crippen LogP contribution is 2.30. The molecule has 2 atom stereocenters. The Balaban J connectivity index is 1.90. The summed E-state index contributed by atoms with van der Waals surface area (Å²) in [6.45, 7) is 8.86. The van der Waals surface area contributed by atoms with Gasteiger partial charge in [-0.2, -0.15) is 0 Å². The first-order chi connectivity index (χ1) is 16.5. The van der Waals surface area contributed by atoms with Crippen LogP contribution in [0.2, 0.25) is 0 Å². The molecule has 7 heteroatoms. The highest BCUT2D eigenvalue weighted by atomic mass is 16.6. The minimum absolute atomic E-state index is 0.0522. The van der Waals surface area contributed by atoms with Crippen molar-refractivity contribution < 1.29 is 28.7 Å². The third kappa shape index (κ3) is 6.56. The first-order valence-corrected chi connectivity index (χ1v) is 11.9. The normalized spacial score (nSPS) is 15.1.